The summed E-state index contributed by atoms with van der Waals surface area (Å²) in [7, 11) is 0. The van der Waals surface area contributed by atoms with Gasteiger partial charge in [-0.05, 0) is 44.2 Å². The van der Waals surface area contributed by atoms with E-state index in [4.69, 9.17) is 0 Å². The Balaban J connectivity index is 2.04. The third kappa shape index (κ3) is 6.85. The Bertz CT molecular complexity index is 274. The second-order valence-corrected chi connectivity index (χ2v) is 5.27. The highest BCUT2D eigenvalue weighted by atomic mass is 79.9. The number of hydrogen-bond donors (Lipinski definition) is 1. The second kappa shape index (κ2) is 9.67. The maximum atomic E-state index is 3.63. The van der Waals surface area contributed by atoms with Gasteiger partial charge in [0.2, 0.25) is 0 Å². The summed E-state index contributed by atoms with van der Waals surface area (Å²) in [5, 5.41) is 4.73. The monoisotopic (exact) mass is 297 g/mol. The molecule has 0 fully saturated rings. The Morgan fingerprint density at radius 3 is 2.59 bits per heavy atom. The number of benzene rings is 1. The average Bonchev–Trinajstić information content (AvgIpc) is 2.38. The SMILES string of the molecule is CCC(CCBr)NCCCCc1ccccc1. The van der Waals surface area contributed by atoms with Gasteiger partial charge in [-0.3, -0.25) is 0 Å². The first-order valence-corrected chi connectivity index (χ1v) is 7.82. The molecule has 0 saturated heterocycles. The zero-order valence-electron chi connectivity index (χ0n) is 10.8. The van der Waals surface area contributed by atoms with Crippen LogP contribution in [0.5, 0.6) is 0 Å². The van der Waals surface area contributed by atoms with Crippen LogP contribution in [0.15, 0.2) is 30.3 Å². The van der Waals surface area contributed by atoms with Gasteiger partial charge in [0.1, 0.15) is 0 Å². The molecule has 0 bridgehead atoms. The van der Waals surface area contributed by atoms with Crippen molar-refractivity contribution >= 4 is 15.9 Å². The predicted molar refractivity (Wildman–Crippen MR) is 79.9 cm³/mol. The fourth-order valence-corrected chi connectivity index (χ4v) is 2.54. The van der Waals surface area contributed by atoms with E-state index in [1.807, 2.05) is 0 Å². The van der Waals surface area contributed by atoms with Crippen LogP contribution in [0.2, 0.25) is 0 Å². The molecule has 17 heavy (non-hydrogen) atoms. The average molecular weight is 298 g/mol. The Hall–Kier alpha value is -0.340. The number of nitrogens with one attached hydrogen (secondary N) is 1. The summed E-state index contributed by atoms with van der Waals surface area (Å²) in [6.07, 6.45) is 6.21. The van der Waals surface area contributed by atoms with E-state index in [1.165, 1.54) is 37.7 Å². The summed E-state index contributed by atoms with van der Waals surface area (Å²) >= 11 is 3.50. The Morgan fingerprint density at radius 1 is 1.18 bits per heavy atom. The van der Waals surface area contributed by atoms with E-state index in [-0.39, 0.29) is 0 Å². The molecule has 1 N–H and O–H groups in total. The van der Waals surface area contributed by atoms with Crippen molar-refractivity contribution in [2.45, 2.75) is 45.1 Å². The van der Waals surface area contributed by atoms with Gasteiger partial charge in [-0.25, -0.2) is 0 Å². The molecule has 96 valence electrons. The molecule has 0 saturated carbocycles. The van der Waals surface area contributed by atoms with Crippen LogP contribution in [0.3, 0.4) is 0 Å². The Kier molecular flexibility index (Phi) is 8.37. The van der Waals surface area contributed by atoms with Crippen LogP contribution >= 0.6 is 15.9 Å². The summed E-state index contributed by atoms with van der Waals surface area (Å²) < 4.78 is 0. The molecule has 0 aliphatic carbocycles. The first-order chi connectivity index (χ1) is 8.36. The van der Waals surface area contributed by atoms with Crippen molar-refractivity contribution in [3.8, 4) is 0 Å². The lowest BCUT2D eigenvalue weighted by atomic mass is 10.1. The van der Waals surface area contributed by atoms with E-state index in [0.29, 0.717) is 6.04 Å². The van der Waals surface area contributed by atoms with Gasteiger partial charge in [-0.2, -0.15) is 0 Å². The van der Waals surface area contributed by atoms with Crippen LogP contribution < -0.4 is 5.32 Å². The third-order valence-corrected chi connectivity index (χ3v) is 3.58. The summed E-state index contributed by atoms with van der Waals surface area (Å²) in [5.74, 6) is 0. The molecule has 0 aromatic heterocycles. The molecule has 1 unspecified atom stereocenters. The lowest BCUT2D eigenvalue weighted by molar-refractivity contribution is 0.477. The van der Waals surface area contributed by atoms with Gasteiger partial charge in [-0.15, -0.1) is 0 Å². The van der Waals surface area contributed by atoms with Gasteiger partial charge in [0.05, 0.1) is 0 Å². The zero-order chi connectivity index (χ0) is 12.3. The van der Waals surface area contributed by atoms with Crippen LogP contribution in [-0.2, 0) is 6.42 Å². The van der Waals surface area contributed by atoms with Gasteiger partial charge in [0, 0.05) is 11.4 Å². The van der Waals surface area contributed by atoms with E-state index < -0.39 is 0 Å². The predicted octanol–water partition coefficient (Wildman–Crippen LogP) is 4.16. The number of halogens is 1. The highest BCUT2D eigenvalue weighted by Crippen LogP contribution is 2.05. The summed E-state index contributed by atoms with van der Waals surface area (Å²) in [4.78, 5) is 0. The molecule has 2 heteroatoms. The molecule has 0 aliphatic rings. The molecule has 0 radical (unpaired) electrons. The molecule has 0 heterocycles. The van der Waals surface area contributed by atoms with Crippen LogP contribution in [0.4, 0.5) is 0 Å². The Labute approximate surface area is 114 Å². The van der Waals surface area contributed by atoms with Gasteiger partial charge in [0.25, 0.3) is 0 Å². The minimum atomic E-state index is 0.686. The van der Waals surface area contributed by atoms with Gasteiger partial charge >= 0.3 is 0 Å². The minimum absolute atomic E-state index is 0.686. The highest BCUT2D eigenvalue weighted by molar-refractivity contribution is 9.09. The number of hydrogen-bond acceptors (Lipinski definition) is 1. The van der Waals surface area contributed by atoms with E-state index in [0.717, 1.165) is 11.9 Å². The molecule has 1 aromatic rings. The zero-order valence-corrected chi connectivity index (χ0v) is 12.4. The lowest BCUT2D eigenvalue weighted by Gasteiger charge is -2.15. The molecule has 0 spiro atoms. The fraction of sp³-hybridized carbons (Fsp3) is 0.600. The number of aryl methyl sites for hydroxylation is 1. The molecule has 1 atom stereocenters. The van der Waals surface area contributed by atoms with Crippen LogP contribution in [0, 0.1) is 0 Å². The summed E-state index contributed by atoms with van der Waals surface area (Å²) in [6.45, 7) is 3.41. The summed E-state index contributed by atoms with van der Waals surface area (Å²) in [6, 6.07) is 11.4. The van der Waals surface area contributed by atoms with Crippen molar-refractivity contribution in [1.29, 1.82) is 0 Å². The normalized spacial score (nSPS) is 12.6. The van der Waals surface area contributed by atoms with E-state index in [1.54, 1.807) is 0 Å². The molecular formula is C15H24BrN. The molecular weight excluding hydrogens is 274 g/mol. The van der Waals surface area contributed by atoms with Crippen LogP contribution in [-0.4, -0.2) is 17.9 Å². The minimum Gasteiger partial charge on any atom is -0.314 e. The third-order valence-electron chi connectivity index (χ3n) is 3.12. The smallest absolute Gasteiger partial charge is 0.00723 e. The molecule has 1 rings (SSSR count). The number of unbranched alkanes of at least 4 members (excludes halogenated alkanes) is 1. The number of rotatable bonds is 9. The van der Waals surface area contributed by atoms with Crippen molar-refractivity contribution in [3.05, 3.63) is 35.9 Å². The number of alkyl halides is 1. The van der Waals surface area contributed by atoms with E-state index >= 15 is 0 Å². The maximum absolute atomic E-state index is 3.63. The van der Waals surface area contributed by atoms with Gasteiger partial charge in [-0.1, -0.05) is 53.2 Å². The molecule has 1 aromatic carbocycles. The lowest BCUT2D eigenvalue weighted by Crippen LogP contribution is -2.29. The fourth-order valence-electron chi connectivity index (χ4n) is 1.99. The van der Waals surface area contributed by atoms with Gasteiger partial charge < -0.3 is 5.32 Å². The van der Waals surface area contributed by atoms with Crippen LogP contribution in [0.1, 0.15) is 38.2 Å². The topological polar surface area (TPSA) is 12.0 Å². The van der Waals surface area contributed by atoms with Crippen molar-refractivity contribution in [2.75, 3.05) is 11.9 Å². The van der Waals surface area contributed by atoms with Crippen LogP contribution in [0.25, 0.3) is 0 Å². The van der Waals surface area contributed by atoms with Crippen molar-refractivity contribution in [1.82, 2.24) is 5.32 Å². The second-order valence-electron chi connectivity index (χ2n) is 4.48. The highest BCUT2D eigenvalue weighted by Gasteiger charge is 2.03. The summed E-state index contributed by atoms with van der Waals surface area (Å²) in [5.41, 5.74) is 1.46. The van der Waals surface area contributed by atoms with E-state index in [2.05, 4.69) is 58.5 Å². The van der Waals surface area contributed by atoms with Crippen molar-refractivity contribution < 1.29 is 0 Å². The van der Waals surface area contributed by atoms with Crippen molar-refractivity contribution in [3.63, 3.8) is 0 Å². The molecule has 0 amide bonds. The maximum Gasteiger partial charge on any atom is 0.00723 e. The van der Waals surface area contributed by atoms with Crippen molar-refractivity contribution in [2.24, 2.45) is 0 Å². The first-order valence-electron chi connectivity index (χ1n) is 6.70. The Morgan fingerprint density at radius 2 is 1.94 bits per heavy atom. The molecule has 1 nitrogen and oxygen atoms in total. The largest absolute Gasteiger partial charge is 0.314 e. The first kappa shape index (κ1) is 14.7. The quantitative estimate of drug-likeness (QED) is 0.533. The van der Waals surface area contributed by atoms with E-state index in [9.17, 15) is 0 Å². The van der Waals surface area contributed by atoms with Gasteiger partial charge in [0.15, 0.2) is 0 Å². The standard InChI is InChI=1S/C15H24BrN/c1-2-15(11-12-16)17-13-7-6-10-14-8-4-3-5-9-14/h3-5,8-9,15,17H,2,6-7,10-13H2,1H3. The molecule has 0 aliphatic heterocycles.